The Balaban J connectivity index is 1.57. The smallest absolute Gasteiger partial charge is 0.338 e. The molecule has 1 heterocycles. The van der Waals surface area contributed by atoms with Crippen LogP contribution in [-0.4, -0.2) is 33.2 Å². The molecule has 148 valence electrons. The number of nitrogens with zero attached hydrogens (tertiary/aromatic N) is 3. The summed E-state index contributed by atoms with van der Waals surface area (Å²) in [5.74, 6) is -1.25. The van der Waals surface area contributed by atoms with Crippen LogP contribution in [-0.2, 0) is 9.53 Å². The zero-order valence-electron chi connectivity index (χ0n) is 15.8. The van der Waals surface area contributed by atoms with Crippen molar-refractivity contribution >= 4 is 23.3 Å². The second-order valence-electron chi connectivity index (χ2n) is 6.32. The minimum atomic E-state index is -0.654. The van der Waals surface area contributed by atoms with Gasteiger partial charge in [0.05, 0.1) is 21.9 Å². The molecular formula is C20H18N4O5. The van der Waals surface area contributed by atoms with Gasteiger partial charge in [-0.25, -0.2) is 9.48 Å². The monoisotopic (exact) mass is 394 g/mol. The number of nitro benzene ring substituents is 1. The molecule has 1 N–H and O–H groups in total. The number of rotatable bonds is 6. The third-order valence-corrected chi connectivity index (χ3v) is 4.03. The van der Waals surface area contributed by atoms with Crippen molar-refractivity contribution in [1.29, 1.82) is 0 Å². The normalized spacial score (nSPS) is 10.4. The lowest BCUT2D eigenvalue weighted by Gasteiger charge is -2.08. The van der Waals surface area contributed by atoms with Gasteiger partial charge in [0.2, 0.25) is 0 Å². The predicted octanol–water partition coefficient (Wildman–Crippen LogP) is 3.19. The van der Waals surface area contributed by atoms with Crippen molar-refractivity contribution in [1.82, 2.24) is 9.78 Å². The van der Waals surface area contributed by atoms with Crippen LogP contribution in [0.2, 0.25) is 0 Å². The molecule has 0 radical (unpaired) electrons. The molecule has 9 heteroatoms. The van der Waals surface area contributed by atoms with E-state index in [0.717, 1.165) is 17.1 Å². The van der Waals surface area contributed by atoms with Gasteiger partial charge in [0.25, 0.3) is 11.6 Å². The predicted molar refractivity (Wildman–Crippen MR) is 105 cm³/mol. The maximum Gasteiger partial charge on any atom is 0.338 e. The molecule has 29 heavy (non-hydrogen) atoms. The Kier molecular flexibility index (Phi) is 5.68. The first kappa shape index (κ1) is 19.7. The van der Waals surface area contributed by atoms with E-state index in [1.165, 1.54) is 24.3 Å². The highest BCUT2D eigenvalue weighted by Crippen LogP contribution is 2.17. The van der Waals surface area contributed by atoms with Gasteiger partial charge in [0.1, 0.15) is 0 Å². The summed E-state index contributed by atoms with van der Waals surface area (Å²) in [6, 6.07) is 14.1. The number of anilines is 1. The second kappa shape index (κ2) is 8.34. The lowest BCUT2D eigenvalue weighted by molar-refractivity contribution is -0.384. The second-order valence-corrected chi connectivity index (χ2v) is 6.32. The Morgan fingerprint density at radius 3 is 2.48 bits per heavy atom. The molecule has 0 spiro atoms. The van der Waals surface area contributed by atoms with Gasteiger partial charge in [0.15, 0.2) is 6.61 Å². The van der Waals surface area contributed by atoms with E-state index in [1.54, 1.807) is 28.9 Å². The summed E-state index contributed by atoms with van der Waals surface area (Å²) in [6.07, 6.45) is 0. The van der Waals surface area contributed by atoms with Gasteiger partial charge in [-0.15, -0.1) is 0 Å². The van der Waals surface area contributed by atoms with Crippen LogP contribution >= 0.6 is 0 Å². The summed E-state index contributed by atoms with van der Waals surface area (Å²) in [4.78, 5) is 34.3. The largest absolute Gasteiger partial charge is 0.452 e. The van der Waals surface area contributed by atoms with E-state index >= 15 is 0 Å². The molecule has 0 unspecified atom stereocenters. The van der Waals surface area contributed by atoms with Crippen LogP contribution in [0.1, 0.15) is 21.7 Å². The number of ether oxygens (including phenoxy) is 1. The Bertz CT molecular complexity index is 1070. The Morgan fingerprint density at radius 1 is 1.14 bits per heavy atom. The summed E-state index contributed by atoms with van der Waals surface area (Å²) in [7, 11) is 0. The van der Waals surface area contributed by atoms with Crippen molar-refractivity contribution in [3.05, 3.63) is 81.7 Å². The van der Waals surface area contributed by atoms with E-state index in [9.17, 15) is 19.7 Å². The Morgan fingerprint density at radius 2 is 1.86 bits per heavy atom. The van der Waals surface area contributed by atoms with E-state index < -0.39 is 23.4 Å². The van der Waals surface area contributed by atoms with Gasteiger partial charge in [-0.3, -0.25) is 14.9 Å². The SMILES string of the molecule is Cc1cc(C)n(-c2ccc(C(=O)OCC(=O)Nc3cccc([N+](=O)[O-])c3)cc2)n1. The highest BCUT2D eigenvalue weighted by atomic mass is 16.6. The number of amides is 1. The number of benzene rings is 2. The molecule has 0 aliphatic heterocycles. The van der Waals surface area contributed by atoms with E-state index in [4.69, 9.17) is 4.74 Å². The molecule has 2 aromatic carbocycles. The number of hydrogen-bond acceptors (Lipinski definition) is 6. The van der Waals surface area contributed by atoms with Crippen LogP contribution in [0.3, 0.4) is 0 Å². The summed E-state index contributed by atoms with van der Waals surface area (Å²) >= 11 is 0. The quantitative estimate of drug-likeness (QED) is 0.390. The fraction of sp³-hybridized carbons (Fsp3) is 0.150. The Hall–Kier alpha value is -4.01. The average molecular weight is 394 g/mol. The molecule has 0 aliphatic rings. The van der Waals surface area contributed by atoms with E-state index in [1.807, 2.05) is 19.9 Å². The maximum atomic E-state index is 12.1. The zero-order valence-corrected chi connectivity index (χ0v) is 15.8. The highest BCUT2D eigenvalue weighted by Gasteiger charge is 2.13. The molecule has 0 aliphatic carbocycles. The molecule has 0 saturated carbocycles. The van der Waals surface area contributed by atoms with Gasteiger partial charge < -0.3 is 10.1 Å². The highest BCUT2D eigenvalue weighted by molar-refractivity contribution is 5.95. The lowest BCUT2D eigenvalue weighted by atomic mass is 10.2. The van der Waals surface area contributed by atoms with Crippen LogP contribution in [0.25, 0.3) is 5.69 Å². The number of aromatic nitrogens is 2. The third-order valence-electron chi connectivity index (χ3n) is 4.03. The number of non-ortho nitro benzene ring substituents is 1. The number of nitro groups is 1. The standard InChI is InChI=1S/C20H18N4O5/c1-13-10-14(2)23(22-13)17-8-6-15(7-9-17)20(26)29-12-19(25)21-16-4-3-5-18(11-16)24(27)28/h3-11H,12H2,1-2H3,(H,21,25). The number of aryl methyl sites for hydroxylation is 2. The number of nitrogens with one attached hydrogen (secondary N) is 1. The molecule has 0 atom stereocenters. The fourth-order valence-corrected chi connectivity index (χ4v) is 2.74. The first-order valence-electron chi connectivity index (χ1n) is 8.68. The summed E-state index contributed by atoms with van der Waals surface area (Å²) in [5.41, 5.74) is 3.04. The van der Waals surface area contributed by atoms with Crippen molar-refractivity contribution in [2.75, 3.05) is 11.9 Å². The van der Waals surface area contributed by atoms with Gasteiger partial charge in [-0.2, -0.15) is 5.10 Å². The van der Waals surface area contributed by atoms with Crippen molar-refractivity contribution in [3.8, 4) is 5.69 Å². The number of esters is 1. The lowest BCUT2D eigenvalue weighted by Crippen LogP contribution is -2.21. The molecule has 9 nitrogen and oxygen atoms in total. The number of carbonyl (C=O) groups is 2. The van der Waals surface area contributed by atoms with Crippen molar-refractivity contribution in [3.63, 3.8) is 0 Å². The summed E-state index contributed by atoms with van der Waals surface area (Å²) < 4.78 is 6.77. The molecule has 0 bridgehead atoms. The van der Waals surface area contributed by atoms with Crippen LogP contribution in [0.4, 0.5) is 11.4 Å². The van der Waals surface area contributed by atoms with Gasteiger partial charge in [0, 0.05) is 23.5 Å². The summed E-state index contributed by atoms with van der Waals surface area (Å²) in [5, 5.41) is 17.6. The minimum Gasteiger partial charge on any atom is -0.452 e. The van der Waals surface area contributed by atoms with Gasteiger partial charge in [-0.1, -0.05) is 6.07 Å². The van der Waals surface area contributed by atoms with Crippen LogP contribution in [0, 0.1) is 24.0 Å². The molecule has 3 aromatic rings. The van der Waals surface area contributed by atoms with E-state index in [0.29, 0.717) is 5.56 Å². The van der Waals surface area contributed by atoms with Crippen LogP contribution < -0.4 is 5.32 Å². The number of hydrogen-bond donors (Lipinski definition) is 1. The van der Waals surface area contributed by atoms with E-state index in [2.05, 4.69) is 10.4 Å². The van der Waals surface area contributed by atoms with Gasteiger partial charge in [-0.05, 0) is 50.2 Å². The van der Waals surface area contributed by atoms with Crippen LogP contribution in [0.15, 0.2) is 54.6 Å². The molecule has 1 amide bonds. The van der Waals surface area contributed by atoms with Gasteiger partial charge >= 0.3 is 5.97 Å². The van der Waals surface area contributed by atoms with Crippen molar-refractivity contribution in [2.45, 2.75) is 13.8 Å². The number of carbonyl (C=O) groups excluding carboxylic acids is 2. The minimum absolute atomic E-state index is 0.150. The molecule has 3 rings (SSSR count). The van der Waals surface area contributed by atoms with E-state index in [-0.39, 0.29) is 11.4 Å². The topological polar surface area (TPSA) is 116 Å². The third kappa shape index (κ3) is 4.83. The zero-order chi connectivity index (χ0) is 21.0. The van der Waals surface area contributed by atoms with Crippen molar-refractivity contribution < 1.29 is 19.2 Å². The maximum absolute atomic E-state index is 12.1. The first-order valence-corrected chi connectivity index (χ1v) is 8.68. The molecule has 1 aromatic heterocycles. The summed E-state index contributed by atoms with van der Waals surface area (Å²) in [6.45, 7) is 3.32. The molecule has 0 fully saturated rings. The Labute approximate surface area is 166 Å². The average Bonchev–Trinajstić information content (AvgIpc) is 3.04. The van der Waals surface area contributed by atoms with Crippen LogP contribution in [0.5, 0.6) is 0 Å². The fourth-order valence-electron chi connectivity index (χ4n) is 2.74. The first-order chi connectivity index (χ1) is 13.8. The molecular weight excluding hydrogens is 376 g/mol. The molecule has 0 saturated heterocycles. The van der Waals surface area contributed by atoms with Crippen molar-refractivity contribution in [2.24, 2.45) is 0 Å².